The van der Waals surface area contributed by atoms with Gasteiger partial charge in [0.15, 0.2) is 11.6 Å². The number of rotatable bonds is 3. The van der Waals surface area contributed by atoms with E-state index in [-0.39, 0.29) is 16.7 Å². The second-order valence-corrected chi connectivity index (χ2v) is 5.19. The molecule has 6 heteroatoms. The van der Waals surface area contributed by atoms with Gasteiger partial charge in [0.05, 0.1) is 6.04 Å². The van der Waals surface area contributed by atoms with E-state index in [0.717, 1.165) is 0 Å². The van der Waals surface area contributed by atoms with Gasteiger partial charge in [-0.3, -0.25) is 5.84 Å². The molecule has 0 spiro atoms. The van der Waals surface area contributed by atoms with Crippen molar-refractivity contribution >= 4 is 15.9 Å². The van der Waals surface area contributed by atoms with Gasteiger partial charge in [0.2, 0.25) is 0 Å². The van der Waals surface area contributed by atoms with Crippen LogP contribution in [0.3, 0.4) is 0 Å². The van der Waals surface area contributed by atoms with Crippen molar-refractivity contribution in [1.29, 1.82) is 0 Å². The number of nitrogens with one attached hydrogen (secondary N) is 1. The molecule has 2 aromatic rings. The fourth-order valence-corrected chi connectivity index (χ4v) is 2.57. The number of hydrogen-bond acceptors (Lipinski definition) is 2. The van der Waals surface area contributed by atoms with Crippen LogP contribution < -0.4 is 11.3 Å². The molecule has 0 saturated carbocycles. The number of hydrazine groups is 1. The molecule has 0 aliphatic carbocycles. The van der Waals surface area contributed by atoms with Gasteiger partial charge in [-0.1, -0.05) is 34.1 Å². The first-order chi connectivity index (χ1) is 9.47. The van der Waals surface area contributed by atoms with E-state index in [1.807, 2.05) is 0 Å². The third-order valence-electron chi connectivity index (χ3n) is 3.07. The minimum atomic E-state index is -1.04. The summed E-state index contributed by atoms with van der Waals surface area (Å²) in [6, 6.07) is 6.14. The van der Waals surface area contributed by atoms with E-state index in [4.69, 9.17) is 5.84 Å². The average Bonchev–Trinajstić information content (AvgIpc) is 2.42. The van der Waals surface area contributed by atoms with E-state index in [0.29, 0.717) is 4.47 Å². The summed E-state index contributed by atoms with van der Waals surface area (Å²) in [6.07, 6.45) is 0. The molecule has 1 atom stereocenters. The smallest absolute Gasteiger partial charge is 0.164 e. The first kappa shape index (κ1) is 15.0. The van der Waals surface area contributed by atoms with Crippen LogP contribution in [0, 0.1) is 24.4 Å². The lowest BCUT2D eigenvalue weighted by molar-refractivity contribution is 0.473. The van der Waals surface area contributed by atoms with Crippen molar-refractivity contribution in [3.63, 3.8) is 0 Å². The number of nitrogens with two attached hydrogens (primary N) is 1. The highest BCUT2D eigenvalue weighted by Gasteiger charge is 2.24. The Labute approximate surface area is 122 Å². The second kappa shape index (κ2) is 5.95. The van der Waals surface area contributed by atoms with Gasteiger partial charge in [-0.25, -0.2) is 18.6 Å². The van der Waals surface area contributed by atoms with Gasteiger partial charge in [0.1, 0.15) is 5.82 Å². The Balaban J connectivity index is 2.62. The topological polar surface area (TPSA) is 38.0 Å². The van der Waals surface area contributed by atoms with E-state index in [2.05, 4.69) is 21.4 Å². The number of hydrogen-bond donors (Lipinski definition) is 2. The first-order valence-electron chi connectivity index (χ1n) is 5.82. The molecule has 0 aromatic heterocycles. The van der Waals surface area contributed by atoms with Crippen LogP contribution >= 0.6 is 15.9 Å². The molecular formula is C14H12BrF3N2. The minimum Gasteiger partial charge on any atom is -0.271 e. The molecule has 106 valence electrons. The molecule has 0 heterocycles. The van der Waals surface area contributed by atoms with Crippen LogP contribution in [0.15, 0.2) is 34.8 Å². The molecule has 0 amide bonds. The third-order valence-corrected chi connectivity index (χ3v) is 3.76. The second-order valence-electron chi connectivity index (χ2n) is 4.33. The summed E-state index contributed by atoms with van der Waals surface area (Å²) in [4.78, 5) is 0. The van der Waals surface area contributed by atoms with Crippen molar-refractivity contribution in [2.45, 2.75) is 13.0 Å². The molecule has 0 fully saturated rings. The van der Waals surface area contributed by atoms with Gasteiger partial charge in [0, 0.05) is 15.6 Å². The summed E-state index contributed by atoms with van der Waals surface area (Å²) >= 11 is 3.19. The highest BCUT2D eigenvalue weighted by molar-refractivity contribution is 9.10. The maximum atomic E-state index is 14.0. The van der Waals surface area contributed by atoms with Crippen LogP contribution in [-0.4, -0.2) is 0 Å². The third kappa shape index (κ3) is 2.59. The summed E-state index contributed by atoms with van der Waals surface area (Å²) in [6.45, 7) is 1.45. The fraction of sp³-hybridized carbons (Fsp3) is 0.143. The van der Waals surface area contributed by atoms with Crippen LogP contribution in [0.25, 0.3) is 0 Å². The summed E-state index contributed by atoms with van der Waals surface area (Å²) in [5.74, 6) is 2.84. The molecule has 2 aromatic carbocycles. The molecule has 1 unspecified atom stereocenters. The summed E-state index contributed by atoms with van der Waals surface area (Å²) in [5, 5.41) is 0. The van der Waals surface area contributed by atoms with E-state index >= 15 is 0 Å². The Bertz CT molecular complexity index is 626. The normalized spacial score (nSPS) is 12.5. The highest BCUT2D eigenvalue weighted by Crippen LogP contribution is 2.32. The van der Waals surface area contributed by atoms with Crippen LogP contribution in [0.4, 0.5) is 13.2 Å². The lowest BCUT2D eigenvalue weighted by Gasteiger charge is -2.20. The van der Waals surface area contributed by atoms with Crippen LogP contribution in [-0.2, 0) is 0 Å². The largest absolute Gasteiger partial charge is 0.271 e. The van der Waals surface area contributed by atoms with E-state index in [9.17, 15) is 13.2 Å². The number of aryl methyl sites for hydroxylation is 1. The molecular weight excluding hydrogens is 333 g/mol. The molecule has 0 aliphatic heterocycles. The van der Waals surface area contributed by atoms with Gasteiger partial charge < -0.3 is 0 Å². The van der Waals surface area contributed by atoms with Crippen LogP contribution in [0.5, 0.6) is 0 Å². The lowest BCUT2D eigenvalue weighted by Crippen LogP contribution is -2.30. The van der Waals surface area contributed by atoms with Gasteiger partial charge in [-0.15, -0.1) is 0 Å². The molecule has 2 nitrogen and oxygen atoms in total. The van der Waals surface area contributed by atoms with Crippen molar-refractivity contribution in [2.75, 3.05) is 0 Å². The van der Waals surface area contributed by atoms with E-state index in [1.165, 1.54) is 31.2 Å². The van der Waals surface area contributed by atoms with Gasteiger partial charge in [-0.2, -0.15) is 0 Å². The number of halogens is 4. The average molecular weight is 345 g/mol. The fourth-order valence-electron chi connectivity index (χ4n) is 2.00. The summed E-state index contributed by atoms with van der Waals surface area (Å²) in [5.41, 5.74) is 2.57. The molecule has 0 bridgehead atoms. The van der Waals surface area contributed by atoms with Gasteiger partial charge in [0.25, 0.3) is 0 Å². The molecule has 0 saturated heterocycles. The van der Waals surface area contributed by atoms with Crippen LogP contribution in [0.1, 0.15) is 22.7 Å². The SMILES string of the molecule is Cc1ccc(C(NN)c2c(F)cccc2Br)c(F)c1F. The van der Waals surface area contributed by atoms with Crippen molar-refractivity contribution < 1.29 is 13.2 Å². The van der Waals surface area contributed by atoms with Crippen molar-refractivity contribution in [1.82, 2.24) is 5.43 Å². The lowest BCUT2D eigenvalue weighted by atomic mass is 9.97. The Morgan fingerprint density at radius 1 is 1.10 bits per heavy atom. The highest BCUT2D eigenvalue weighted by atomic mass is 79.9. The van der Waals surface area contributed by atoms with Crippen molar-refractivity contribution in [3.8, 4) is 0 Å². The zero-order valence-corrected chi connectivity index (χ0v) is 12.1. The maximum absolute atomic E-state index is 14.0. The molecule has 3 N–H and O–H groups in total. The quantitative estimate of drug-likeness (QED) is 0.657. The molecule has 20 heavy (non-hydrogen) atoms. The molecule has 2 rings (SSSR count). The molecule has 0 radical (unpaired) electrons. The Morgan fingerprint density at radius 2 is 1.80 bits per heavy atom. The number of benzene rings is 2. The van der Waals surface area contributed by atoms with Gasteiger partial charge in [-0.05, 0) is 24.6 Å². The van der Waals surface area contributed by atoms with Crippen molar-refractivity contribution in [2.24, 2.45) is 5.84 Å². The van der Waals surface area contributed by atoms with E-state index in [1.54, 1.807) is 6.07 Å². The Hall–Kier alpha value is -1.37. The predicted molar refractivity (Wildman–Crippen MR) is 74.4 cm³/mol. The van der Waals surface area contributed by atoms with Gasteiger partial charge >= 0.3 is 0 Å². The van der Waals surface area contributed by atoms with Crippen molar-refractivity contribution in [3.05, 3.63) is 68.9 Å². The summed E-state index contributed by atoms with van der Waals surface area (Å²) < 4.78 is 42.1. The standard InChI is InChI=1S/C14H12BrF3N2/c1-7-5-6-8(13(18)12(7)17)14(20-19)11-9(15)3-2-4-10(11)16/h2-6,14,20H,19H2,1H3. The zero-order chi connectivity index (χ0) is 14.9. The van der Waals surface area contributed by atoms with E-state index < -0.39 is 23.5 Å². The minimum absolute atomic E-state index is 0.0543. The first-order valence-corrected chi connectivity index (χ1v) is 6.61. The maximum Gasteiger partial charge on any atom is 0.164 e. The monoisotopic (exact) mass is 344 g/mol. The predicted octanol–water partition coefficient (Wildman–Crippen LogP) is 3.73. The zero-order valence-electron chi connectivity index (χ0n) is 10.6. The molecule has 0 aliphatic rings. The van der Waals surface area contributed by atoms with Crippen LogP contribution in [0.2, 0.25) is 0 Å². The Kier molecular flexibility index (Phi) is 4.47. The summed E-state index contributed by atoms with van der Waals surface area (Å²) in [7, 11) is 0. The Morgan fingerprint density at radius 3 is 2.40 bits per heavy atom.